The first kappa shape index (κ1) is 19.1. The Morgan fingerprint density at radius 1 is 0.967 bits per heavy atom. The van der Waals surface area contributed by atoms with Gasteiger partial charge in [0.2, 0.25) is 5.91 Å². The minimum Gasteiger partial charge on any atom is -0.366 e. The van der Waals surface area contributed by atoms with E-state index in [0.29, 0.717) is 28.8 Å². The zero-order valence-corrected chi connectivity index (χ0v) is 15.9. The molecule has 0 aliphatic rings. The largest absolute Gasteiger partial charge is 0.366 e. The highest BCUT2D eigenvalue weighted by molar-refractivity contribution is 6.47. The van der Waals surface area contributed by atoms with Crippen molar-refractivity contribution in [2.75, 3.05) is 5.32 Å². The number of nitrogens with two attached hydrogens (primary N) is 1. The number of hydrogen-bond acceptors (Lipinski definition) is 4. The van der Waals surface area contributed by atoms with Crippen LogP contribution in [0.2, 0.25) is 0 Å². The third-order valence-corrected chi connectivity index (χ3v) is 4.77. The monoisotopic (exact) mass is 398 g/mol. The number of nitrogens with zero attached hydrogens (tertiary/aromatic N) is 2. The lowest BCUT2D eigenvalue weighted by atomic mass is 10.1. The molecule has 0 spiro atoms. The first-order valence-corrected chi connectivity index (χ1v) is 9.26. The number of carbonyl (C=O) groups excluding carboxylic acids is 3. The van der Waals surface area contributed by atoms with Gasteiger partial charge in [-0.3, -0.25) is 19.4 Å². The van der Waals surface area contributed by atoms with E-state index in [1.807, 2.05) is 34.9 Å². The summed E-state index contributed by atoms with van der Waals surface area (Å²) in [6, 6.07) is 17.4. The Bertz CT molecular complexity index is 1240. The van der Waals surface area contributed by atoms with Gasteiger partial charge in [-0.2, -0.15) is 0 Å². The van der Waals surface area contributed by atoms with Crippen LogP contribution in [0.15, 0.2) is 79.3 Å². The van der Waals surface area contributed by atoms with Gasteiger partial charge < -0.3 is 15.5 Å². The maximum Gasteiger partial charge on any atom is 0.296 e. The second-order valence-corrected chi connectivity index (χ2v) is 6.76. The molecular weight excluding hydrogens is 380 g/mol. The van der Waals surface area contributed by atoms with Gasteiger partial charge in [-0.25, -0.2) is 0 Å². The van der Waals surface area contributed by atoms with Crippen molar-refractivity contribution in [2.45, 2.75) is 6.42 Å². The van der Waals surface area contributed by atoms with Crippen LogP contribution >= 0.6 is 0 Å². The van der Waals surface area contributed by atoms with Crippen molar-refractivity contribution in [1.82, 2.24) is 9.38 Å². The number of carbonyl (C=O) groups is 3. The summed E-state index contributed by atoms with van der Waals surface area (Å²) in [7, 11) is 0. The van der Waals surface area contributed by atoms with Gasteiger partial charge in [0.25, 0.3) is 11.7 Å². The number of anilines is 1. The van der Waals surface area contributed by atoms with Gasteiger partial charge in [0.1, 0.15) is 0 Å². The zero-order chi connectivity index (χ0) is 21.1. The van der Waals surface area contributed by atoms with E-state index >= 15 is 0 Å². The van der Waals surface area contributed by atoms with Crippen molar-refractivity contribution >= 4 is 28.8 Å². The van der Waals surface area contributed by atoms with E-state index < -0.39 is 17.6 Å². The average Bonchev–Trinajstić information content (AvgIpc) is 3.13. The highest BCUT2D eigenvalue weighted by atomic mass is 16.2. The first-order valence-electron chi connectivity index (χ1n) is 9.26. The molecule has 0 radical (unpaired) electrons. The van der Waals surface area contributed by atoms with Crippen LogP contribution in [0.25, 0.3) is 5.52 Å². The van der Waals surface area contributed by atoms with Crippen LogP contribution in [0, 0.1) is 0 Å². The molecule has 0 unspecified atom stereocenters. The minimum absolute atomic E-state index is 0.325. The number of fused-ring (bicyclic) bond motifs is 1. The molecule has 7 nitrogen and oxygen atoms in total. The molecule has 0 bridgehead atoms. The molecule has 0 atom stereocenters. The Morgan fingerprint density at radius 2 is 1.70 bits per heavy atom. The average molecular weight is 398 g/mol. The van der Waals surface area contributed by atoms with Gasteiger partial charge in [-0.05, 0) is 48.0 Å². The van der Waals surface area contributed by atoms with Crippen LogP contribution in [-0.2, 0) is 11.2 Å². The molecule has 0 saturated heterocycles. The van der Waals surface area contributed by atoms with Gasteiger partial charge in [0.05, 0.1) is 11.1 Å². The van der Waals surface area contributed by atoms with Crippen LogP contribution in [0.1, 0.15) is 32.0 Å². The lowest BCUT2D eigenvalue weighted by Crippen LogP contribution is -2.22. The lowest BCUT2D eigenvalue weighted by molar-refractivity contribution is -0.112. The number of hydrogen-bond donors (Lipinski definition) is 2. The van der Waals surface area contributed by atoms with Crippen molar-refractivity contribution in [3.05, 3.63) is 102 Å². The molecule has 148 valence electrons. The summed E-state index contributed by atoms with van der Waals surface area (Å²) >= 11 is 0. The molecule has 7 heteroatoms. The Labute approximate surface area is 172 Å². The van der Waals surface area contributed by atoms with Gasteiger partial charge in [-0.1, -0.05) is 18.2 Å². The van der Waals surface area contributed by atoms with Crippen molar-refractivity contribution in [3.63, 3.8) is 0 Å². The predicted molar refractivity (Wildman–Crippen MR) is 112 cm³/mol. The fourth-order valence-electron chi connectivity index (χ4n) is 3.28. The van der Waals surface area contributed by atoms with Crippen LogP contribution < -0.4 is 11.1 Å². The number of rotatable bonds is 6. The second-order valence-electron chi connectivity index (χ2n) is 6.76. The molecule has 2 amide bonds. The van der Waals surface area contributed by atoms with E-state index in [0.717, 1.165) is 11.3 Å². The van der Waals surface area contributed by atoms with E-state index in [1.54, 1.807) is 36.4 Å². The summed E-state index contributed by atoms with van der Waals surface area (Å²) in [6.07, 6.45) is 5.44. The molecule has 0 aliphatic heterocycles. The number of benzene rings is 1. The molecule has 1 aromatic carbocycles. The zero-order valence-electron chi connectivity index (χ0n) is 15.9. The van der Waals surface area contributed by atoms with Crippen molar-refractivity contribution < 1.29 is 14.4 Å². The maximum absolute atomic E-state index is 12.9. The van der Waals surface area contributed by atoms with E-state index in [2.05, 4.69) is 10.3 Å². The third-order valence-electron chi connectivity index (χ3n) is 4.77. The van der Waals surface area contributed by atoms with Crippen molar-refractivity contribution in [3.8, 4) is 0 Å². The van der Waals surface area contributed by atoms with Gasteiger partial charge in [-0.15, -0.1) is 0 Å². The molecule has 4 rings (SSSR count). The number of nitrogens with one attached hydrogen (secondary N) is 1. The van der Waals surface area contributed by atoms with Gasteiger partial charge in [0.15, 0.2) is 0 Å². The molecule has 0 saturated carbocycles. The molecule has 0 fully saturated rings. The Kier molecular flexibility index (Phi) is 5.09. The quantitative estimate of drug-likeness (QED) is 0.385. The van der Waals surface area contributed by atoms with Crippen LogP contribution in [0.3, 0.4) is 0 Å². The fourth-order valence-corrected chi connectivity index (χ4v) is 3.28. The van der Waals surface area contributed by atoms with Crippen molar-refractivity contribution in [2.24, 2.45) is 5.73 Å². The highest BCUT2D eigenvalue weighted by Crippen LogP contribution is 2.21. The van der Waals surface area contributed by atoms with Gasteiger partial charge >= 0.3 is 0 Å². The first-order chi connectivity index (χ1) is 14.5. The summed E-state index contributed by atoms with van der Waals surface area (Å²) in [6.45, 7) is 0. The molecule has 3 heterocycles. The number of aromatic nitrogens is 2. The van der Waals surface area contributed by atoms with E-state index in [4.69, 9.17) is 5.73 Å². The predicted octanol–water partition coefficient (Wildman–Crippen LogP) is 2.85. The fraction of sp³-hybridized carbons (Fsp3) is 0.0435. The molecule has 3 aromatic heterocycles. The molecule has 0 aliphatic carbocycles. The number of primary amides is 1. The van der Waals surface area contributed by atoms with E-state index in [9.17, 15) is 14.4 Å². The molecule has 4 aromatic rings. The Hall–Kier alpha value is -4.26. The minimum atomic E-state index is -0.713. The maximum atomic E-state index is 12.9. The summed E-state index contributed by atoms with van der Waals surface area (Å²) in [5.41, 5.74) is 8.99. The van der Waals surface area contributed by atoms with Gasteiger partial charge in [0, 0.05) is 42.0 Å². The van der Waals surface area contributed by atoms with Crippen LogP contribution in [0.4, 0.5) is 5.69 Å². The summed E-state index contributed by atoms with van der Waals surface area (Å²) < 4.78 is 1.88. The molecule has 3 N–H and O–H groups in total. The smallest absolute Gasteiger partial charge is 0.296 e. The summed E-state index contributed by atoms with van der Waals surface area (Å²) in [4.78, 5) is 40.5. The Morgan fingerprint density at radius 3 is 2.40 bits per heavy atom. The number of pyridine rings is 2. The topological polar surface area (TPSA) is 107 Å². The van der Waals surface area contributed by atoms with Crippen molar-refractivity contribution in [1.29, 1.82) is 0 Å². The number of ketones is 1. The van der Waals surface area contributed by atoms with E-state index in [1.165, 1.54) is 12.4 Å². The van der Waals surface area contributed by atoms with E-state index in [-0.39, 0.29) is 0 Å². The van der Waals surface area contributed by atoms with Crippen LogP contribution in [0.5, 0.6) is 0 Å². The normalized spacial score (nSPS) is 10.7. The second kappa shape index (κ2) is 8.00. The SMILES string of the molecule is NC(=O)c1ccc(Cc2cc(C(=O)C(=O)Nc3ccncc3)c3ccccn23)cc1. The highest BCUT2D eigenvalue weighted by Gasteiger charge is 2.22. The third kappa shape index (κ3) is 3.81. The Balaban J connectivity index is 1.64. The molecule has 30 heavy (non-hydrogen) atoms. The van der Waals surface area contributed by atoms with Crippen LogP contribution in [-0.4, -0.2) is 27.0 Å². The summed E-state index contributed by atoms with van der Waals surface area (Å²) in [5.74, 6) is -1.82. The number of amides is 2. The number of Topliss-reactive ketones (excluding diaryl/α,β-unsaturated/α-hetero) is 1. The summed E-state index contributed by atoms with van der Waals surface area (Å²) in [5, 5.41) is 2.60. The molecular formula is C23H18N4O3. The standard InChI is InChI=1S/C23H18N4O3/c24-22(29)16-6-4-15(5-7-16)13-18-14-19(20-3-1-2-12-27(18)20)21(28)23(30)26-17-8-10-25-11-9-17/h1-12,14H,13H2,(H2,24,29)(H,25,26,30). The lowest BCUT2D eigenvalue weighted by Gasteiger charge is -2.04.